The molecule has 2 aromatic heterocycles. The first kappa shape index (κ1) is 15.4. The van der Waals surface area contributed by atoms with Gasteiger partial charge in [0, 0.05) is 17.4 Å². The van der Waals surface area contributed by atoms with Crippen molar-refractivity contribution in [2.45, 2.75) is 33.1 Å². The summed E-state index contributed by atoms with van der Waals surface area (Å²) in [6.45, 7) is 7.71. The third-order valence-electron chi connectivity index (χ3n) is 2.37. The summed E-state index contributed by atoms with van der Waals surface area (Å²) < 4.78 is 5.15. The minimum Gasteiger partial charge on any atom is -0.856 e. The molecule has 0 atom stereocenters. The number of nitrogens with zero attached hydrogens (tertiary/aromatic N) is 4. The van der Waals surface area contributed by atoms with E-state index in [1.807, 2.05) is 20.8 Å². The first-order valence-electron chi connectivity index (χ1n) is 5.49. The number of rotatable bonds is 2. The predicted molar refractivity (Wildman–Crippen MR) is 62.1 cm³/mol. The van der Waals surface area contributed by atoms with Gasteiger partial charge in [-0.1, -0.05) is 25.9 Å². The van der Waals surface area contributed by atoms with E-state index in [0.717, 1.165) is 0 Å². The van der Waals surface area contributed by atoms with Crippen LogP contribution in [0.1, 0.15) is 32.2 Å². The largest absolute Gasteiger partial charge is 2.00 e. The Bertz CT molecular complexity index is 563. The molecule has 0 amide bonds. The van der Waals surface area contributed by atoms with Crippen molar-refractivity contribution in [3.8, 4) is 5.88 Å². The van der Waals surface area contributed by atoms with Crippen LogP contribution >= 0.6 is 0 Å². The molecule has 8 heteroatoms. The van der Waals surface area contributed by atoms with E-state index < -0.39 is 5.88 Å². The molecule has 104 valence electrons. The van der Waals surface area contributed by atoms with Gasteiger partial charge in [0.15, 0.2) is 0 Å². The Kier molecular flexibility index (Phi) is 4.47. The van der Waals surface area contributed by atoms with Crippen LogP contribution in [0.4, 0.5) is 11.5 Å². The molecule has 0 radical (unpaired) electrons. The van der Waals surface area contributed by atoms with Gasteiger partial charge in [-0.15, -0.1) is 10.2 Å². The first-order chi connectivity index (χ1) is 8.38. The molecule has 7 nitrogen and oxygen atoms in total. The minimum absolute atomic E-state index is 0. The molecule has 0 saturated heterocycles. The van der Waals surface area contributed by atoms with E-state index in [1.54, 1.807) is 13.0 Å². The number of hydrogen-bond acceptors (Lipinski definition) is 6. The molecule has 0 aromatic carbocycles. The maximum absolute atomic E-state index is 11.3. The Morgan fingerprint density at radius 1 is 1.32 bits per heavy atom. The Hall–Kier alpha value is -1.69. The molecule has 0 saturated carbocycles. The average molecular weight is 307 g/mol. The van der Waals surface area contributed by atoms with Crippen LogP contribution in [0.5, 0.6) is 5.88 Å². The smallest absolute Gasteiger partial charge is 0.856 e. The van der Waals surface area contributed by atoms with Gasteiger partial charge >= 0.3 is 16.5 Å². The summed E-state index contributed by atoms with van der Waals surface area (Å²) in [5, 5.41) is 28.8. The maximum atomic E-state index is 11.3. The molecular formula is C11H14N5NiO2+. The summed E-state index contributed by atoms with van der Waals surface area (Å²) in [5.41, 5.74) is 0.620. The Balaban J connectivity index is 0.00000180. The van der Waals surface area contributed by atoms with Crippen LogP contribution in [0.15, 0.2) is 20.8 Å². The van der Waals surface area contributed by atoms with Gasteiger partial charge in [-0.25, -0.2) is 0 Å². The van der Waals surface area contributed by atoms with Crippen molar-refractivity contribution in [2.75, 3.05) is 0 Å². The topological polar surface area (TPSA) is 102 Å². The van der Waals surface area contributed by atoms with Gasteiger partial charge in [0.25, 0.3) is 0 Å². The van der Waals surface area contributed by atoms with E-state index in [1.165, 1.54) is 0 Å². The van der Waals surface area contributed by atoms with Crippen molar-refractivity contribution >= 4 is 11.5 Å². The number of aromatic amines is 1. The standard InChI is InChI=1S/C11H15N5O2.Ni/c1-6-9(10(17)15-12-6)14-13-8-5-7(18-16-8)11(2,3)4;/h5H,1-4H3,(H2,12,15,17);/q;+2/p-1. The third-order valence-corrected chi connectivity index (χ3v) is 2.37. The SMILES string of the molecule is Cc1[nH]nc([O-])c1N=Nc1cc(C(C)(C)C)on1.[Ni+2]. The zero-order chi connectivity index (χ0) is 13.3. The molecule has 1 N–H and O–H groups in total. The molecule has 0 aliphatic carbocycles. The zero-order valence-corrected chi connectivity index (χ0v) is 12.0. The quantitative estimate of drug-likeness (QED) is 0.680. The van der Waals surface area contributed by atoms with Crippen LogP contribution in [-0.2, 0) is 21.9 Å². The molecule has 2 heterocycles. The predicted octanol–water partition coefficient (Wildman–Crippen LogP) is 2.49. The fourth-order valence-electron chi connectivity index (χ4n) is 1.29. The molecule has 2 rings (SSSR count). The number of hydrogen-bond donors (Lipinski definition) is 1. The van der Waals surface area contributed by atoms with Gasteiger partial charge in [0.05, 0.1) is 5.69 Å². The van der Waals surface area contributed by atoms with E-state index in [0.29, 0.717) is 17.3 Å². The van der Waals surface area contributed by atoms with Gasteiger partial charge in [-0.3, -0.25) is 5.10 Å². The number of H-pyrrole nitrogens is 1. The van der Waals surface area contributed by atoms with Crippen LogP contribution in [0, 0.1) is 6.92 Å². The second-order valence-electron chi connectivity index (χ2n) is 5.00. The summed E-state index contributed by atoms with van der Waals surface area (Å²) in [6.07, 6.45) is 0. The number of aryl methyl sites for hydroxylation is 1. The summed E-state index contributed by atoms with van der Waals surface area (Å²) in [5.74, 6) is 0.610. The van der Waals surface area contributed by atoms with Crippen molar-refractivity contribution in [3.05, 3.63) is 17.5 Å². The molecule has 0 aliphatic rings. The van der Waals surface area contributed by atoms with E-state index in [4.69, 9.17) is 4.52 Å². The molecule has 0 bridgehead atoms. The number of nitrogens with one attached hydrogen (secondary N) is 1. The van der Waals surface area contributed by atoms with Crippen LogP contribution in [-0.4, -0.2) is 15.4 Å². The second-order valence-corrected chi connectivity index (χ2v) is 5.00. The summed E-state index contributed by atoms with van der Waals surface area (Å²) in [6, 6.07) is 1.70. The Morgan fingerprint density at radius 3 is 2.47 bits per heavy atom. The average Bonchev–Trinajstić information content (AvgIpc) is 2.84. The number of azo groups is 1. The van der Waals surface area contributed by atoms with E-state index in [9.17, 15) is 5.11 Å². The normalized spacial score (nSPS) is 11.8. The first-order valence-corrected chi connectivity index (χ1v) is 5.49. The summed E-state index contributed by atoms with van der Waals surface area (Å²) >= 11 is 0. The minimum atomic E-state index is -0.434. The summed E-state index contributed by atoms with van der Waals surface area (Å²) in [7, 11) is 0. The van der Waals surface area contributed by atoms with Gasteiger partial charge < -0.3 is 9.63 Å². The van der Waals surface area contributed by atoms with E-state index in [2.05, 4.69) is 25.6 Å². The third kappa shape index (κ3) is 3.41. The fraction of sp³-hybridized carbons (Fsp3) is 0.455. The van der Waals surface area contributed by atoms with E-state index in [-0.39, 0.29) is 27.6 Å². The monoisotopic (exact) mass is 306 g/mol. The molecule has 2 aromatic rings. The fourth-order valence-corrected chi connectivity index (χ4v) is 1.29. The number of aromatic nitrogens is 3. The van der Waals surface area contributed by atoms with Crippen molar-refractivity contribution in [1.82, 2.24) is 15.4 Å². The van der Waals surface area contributed by atoms with Crippen LogP contribution in [0.25, 0.3) is 0 Å². The zero-order valence-electron chi connectivity index (χ0n) is 11.0. The molecule has 0 unspecified atom stereocenters. The molecule has 19 heavy (non-hydrogen) atoms. The van der Waals surface area contributed by atoms with Crippen molar-refractivity contribution in [1.29, 1.82) is 0 Å². The van der Waals surface area contributed by atoms with Gasteiger partial charge in [-0.2, -0.15) is 5.10 Å². The van der Waals surface area contributed by atoms with Crippen LogP contribution < -0.4 is 5.11 Å². The van der Waals surface area contributed by atoms with Crippen LogP contribution in [0.2, 0.25) is 0 Å². The molecule has 0 fully saturated rings. The van der Waals surface area contributed by atoms with Gasteiger partial charge in [0.1, 0.15) is 11.4 Å². The Morgan fingerprint density at radius 2 is 2.00 bits per heavy atom. The second kappa shape index (κ2) is 5.53. The molecule has 0 aliphatic heterocycles. The maximum Gasteiger partial charge on any atom is 2.00 e. The van der Waals surface area contributed by atoms with Crippen molar-refractivity contribution in [3.63, 3.8) is 0 Å². The van der Waals surface area contributed by atoms with E-state index >= 15 is 0 Å². The van der Waals surface area contributed by atoms with Crippen LogP contribution in [0.3, 0.4) is 0 Å². The molecular weight excluding hydrogens is 293 g/mol. The van der Waals surface area contributed by atoms with Crippen molar-refractivity contribution < 1.29 is 26.1 Å². The summed E-state index contributed by atoms with van der Waals surface area (Å²) in [4.78, 5) is 0. The Labute approximate surface area is 120 Å². The van der Waals surface area contributed by atoms with Crippen molar-refractivity contribution in [2.24, 2.45) is 10.2 Å². The van der Waals surface area contributed by atoms with Gasteiger partial charge in [0.2, 0.25) is 5.82 Å². The molecule has 0 spiro atoms. The van der Waals surface area contributed by atoms with Gasteiger partial charge in [-0.05, 0) is 6.92 Å².